The lowest BCUT2D eigenvalue weighted by Crippen LogP contribution is -2.00. The van der Waals surface area contributed by atoms with Gasteiger partial charge in [-0.15, -0.1) is 0 Å². The molecule has 0 aliphatic carbocycles. The van der Waals surface area contributed by atoms with Gasteiger partial charge in [0.15, 0.2) is 11.5 Å². The number of nitriles is 1. The fraction of sp³-hybridized carbons (Fsp3) is 0.235. The Hall–Kier alpha value is -2.87. The van der Waals surface area contributed by atoms with E-state index in [1.165, 1.54) is 0 Å². The topological polar surface area (TPSA) is 60.7 Å². The Morgan fingerprint density at radius 3 is 1.95 bits per heavy atom. The van der Waals surface area contributed by atoms with Crippen molar-refractivity contribution in [3.63, 3.8) is 0 Å². The molecule has 0 amide bonds. The summed E-state index contributed by atoms with van der Waals surface area (Å²) in [5.41, 5.74) is 1.49. The van der Waals surface area contributed by atoms with E-state index < -0.39 is 0 Å². The summed E-state index contributed by atoms with van der Waals surface area (Å²) in [5, 5.41) is 8.77. The van der Waals surface area contributed by atoms with E-state index in [1.54, 1.807) is 45.6 Å². The van der Waals surface area contributed by atoms with Crippen LogP contribution in [0.1, 0.15) is 11.1 Å². The summed E-state index contributed by atoms with van der Waals surface area (Å²) >= 11 is 0. The largest absolute Gasteiger partial charge is 0.493 e. The lowest BCUT2D eigenvalue weighted by molar-refractivity contribution is 0.298. The first-order valence-corrected chi connectivity index (χ1v) is 6.63. The molecule has 5 nitrogen and oxygen atoms in total. The van der Waals surface area contributed by atoms with Crippen LogP contribution in [-0.4, -0.2) is 21.3 Å². The van der Waals surface area contributed by atoms with Gasteiger partial charge in [-0.3, -0.25) is 0 Å². The second-order valence-electron chi connectivity index (χ2n) is 4.46. The standard InChI is InChI=1S/C17H17NO4/c1-19-15-8-13(9-16(20-2)17(15)21-3)11-22-14-6-4-12(10-18)5-7-14/h4-9H,11H2,1-3H3. The van der Waals surface area contributed by atoms with E-state index in [9.17, 15) is 0 Å². The molecule has 0 radical (unpaired) electrons. The van der Waals surface area contributed by atoms with Crippen molar-refractivity contribution < 1.29 is 18.9 Å². The maximum Gasteiger partial charge on any atom is 0.203 e. The first-order chi connectivity index (χ1) is 10.7. The summed E-state index contributed by atoms with van der Waals surface area (Å²) in [6, 6.07) is 12.7. The molecule has 0 bridgehead atoms. The Kier molecular flexibility index (Phi) is 5.10. The van der Waals surface area contributed by atoms with Crippen LogP contribution in [0.5, 0.6) is 23.0 Å². The van der Waals surface area contributed by atoms with Crippen LogP contribution in [0.25, 0.3) is 0 Å². The predicted molar refractivity (Wildman–Crippen MR) is 81.6 cm³/mol. The highest BCUT2D eigenvalue weighted by Gasteiger charge is 2.13. The van der Waals surface area contributed by atoms with Crippen molar-refractivity contribution >= 4 is 0 Å². The van der Waals surface area contributed by atoms with E-state index in [4.69, 9.17) is 24.2 Å². The third-order valence-corrected chi connectivity index (χ3v) is 3.11. The Morgan fingerprint density at radius 2 is 1.50 bits per heavy atom. The molecule has 0 unspecified atom stereocenters. The minimum atomic E-state index is 0.350. The molecule has 0 aliphatic rings. The highest BCUT2D eigenvalue weighted by molar-refractivity contribution is 5.53. The third kappa shape index (κ3) is 3.41. The lowest BCUT2D eigenvalue weighted by atomic mass is 10.2. The van der Waals surface area contributed by atoms with Crippen molar-refractivity contribution in [2.45, 2.75) is 6.61 Å². The maximum absolute atomic E-state index is 8.77. The minimum Gasteiger partial charge on any atom is -0.493 e. The van der Waals surface area contributed by atoms with Crippen LogP contribution in [0.15, 0.2) is 36.4 Å². The van der Waals surface area contributed by atoms with Gasteiger partial charge < -0.3 is 18.9 Å². The Labute approximate surface area is 129 Å². The average molecular weight is 299 g/mol. The van der Waals surface area contributed by atoms with Gasteiger partial charge in [0, 0.05) is 0 Å². The Bertz CT molecular complexity index is 649. The van der Waals surface area contributed by atoms with E-state index in [0.717, 1.165) is 5.56 Å². The van der Waals surface area contributed by atoms with E-state index >= 15 is 0 Å². The van der Waals surface area contributed by atoms with Gasteiger partial charge in [0.25, 0.3) is 0 Å². The highest BCUT2D eigenvalue weighted by atomic mass is 16.5. The van der Waals surface area contributed by atoms with Crippen LogP contribution >= 0.6 is 0 Å². The predicted octanol–water partition coefficient (Wildman–Crippen LogP) is 3.16. The molecule has 2 rings (SSSR count). The molecule has 0 aromatic heterocycles. The summed E-state index contributed by atoms with van der Waals surface area (Å²) in [4.78, 5) is 0. The fourth-order valence-electron chi connectivity index (χ4n) is 2.01. The number of nitrogens with zero attached hydrogens (tertiary/aromatic N) is 1. The molecule has 22 heavy (non-hydrogen) atoms. The van der Waals surface area contributed by atoms with Gasteiger partial charge in [0.05, 0.1) is 33.0 Å². The average Bonchev–Trinajstić information content (AvgIpc) is 2.59. The molecule has 0 spiro atoms. The van der Waals surface area contributed by atoms with Crippen LogP contribution in [0.3, 0.4) is 0 Å². The lowest BCUT2D eigenvalue weighted by Gasteiger charge is -2.14. The molecular weight excluding hydrogens is 282 g/mol. The van der Waals surface area contributed by atoms with Gasteiger partial charge in [0.2, 0.25) is 5.75 Å². The summed E-state index contributed by atoms with van der Waals surface area (Å²) in [7, 11) is 4.71. The van der Waals surface area contributed by atoms with Gasteiger partial charge in [-0.1, -0.05) is 0 Å². The number of hydrogen-bond acceptors (Lipinski definition) is 5. The van der Waals surface area contributed by atoms with Crippen LogP contribution < -0.4 is 18.9 Å². The number of methoxy groups -OCH3 is 3. The van der Waals surface area contributed by atoms with Gasteiger partial charge in [-0.05, 0) is 42.0 Å². The molecule has 2 aromatic carbocycles. The number of hydrogen-bond donors (Lipinski definition) is 0. The van der Waals surface area contributed by atoms with E-state index in [1.807, 2.05) is 12.1 Å². The SMILES string of the molecule is COc1cc(COc2ccc(C#N)cc2)cc(OC)c1OC. The fourth-order valence-corrected chi connectivity index (χ4v) is 2.01. The minimum absolute atomic E-state index is 0.350. The zero-order valence-corrected chi connectivity index (χ0v) is 12.8. The molecule has 0 aliphatic heterocycles. The second-order valence-corrected chi connectivity index (χ2v) is 4.46. The smallest absolute Gasteiger partial charge is 0.203 e. The quantitative estimate of drug-likeness (QED) is 0.820. The molecule has 0 saturated heterocycles. The van der Waals surface area contributed by atoms with E-state index in [2.05, 4.69) is 6.07 Å². The number of ether oxygens (including phenoxy) is 4. The van der Waals surface area contributed by atoms with E-state index in [0.29, 0.717) is 35.2 Å². The Balaban J connectivity index is 2.16. The summed E-state index contributed by atoms with van der Waals surface area (Å²) in [5.74, 6) is 2.40. The molecule has 0 heterocycles. The molecule has 5 heteroatoms. The number of benzene rings is 2. The third-order valence-electron chi connectivity index (χ3n) is 3.11. The van der Waals surface area contributed by atoms with Crippen molar-refractivity contribution in [1.82, 2.24) is 0 Å². The van der Waals surface area contributed by atoms with Gasteiger partial charge in [0.1, 0.15) is 12.4 Å². The number of rotatable bonds is 6. The van der Waals surface area contributed by atoms with Crippen molar-refractivity contribution in [3.05, 3.63) is 47.5 Å². The van der Waals surface area contributed by atoms with Gasteiger partial charge in [-0.25, -0.2) is 0 Å². The van der Waals surface area contributed by atoms with Crippen LogP contribution in [0, 0.1) is 11.3 Å². The molecule has 0 fully saturated rings. The first kappa shape index (κ1) is 15.5. The van der Waals surface area contributed by atoms with Crippen molar-refractivity contribution in [3.8, 4) is 29.1 Å². The zero-order chi connectivity index (χ0) is 15.9. The molecule has 114 valence electrons. The van der Waals surface area contributed by atoms with Crippen LogP contribution in [-0.2, 0) is 6.61 Å². The molecule has 2 aromatic rings. The van der Waals surface area contributed by atoms with Crippen molar-refractivity contribution in [2.24, 2.45) is 0 Å². The Morgan fingerprint density at radius 1 is 0.909 bits per heavy atom. The summed E-state index contributed by atoms with van der Waals surface area (Å²) in [6.45, 7) is 0.350. The van der Waals surface area contributed by atoms with Crippen molar-refractivity contribution in [2.75, 3.05) is 21.3 Å². The van der Waals surface area contributed by atoms with E-state index in [-0.39, 0.29) is 0 Å². The molecular formula is C17H17NO4. The molecule has 0 saturated carbocycles. The first-order valence-electron chi connectivity index (χ1n) is 6.63. The highest BCUT2D eigenvalue weighted by Crippen LogP contribution is 2.38. The zero-order valence-electron chi connectivity index (χ0n) is 12.8. The molecule has 0 N–H and O–H groups in total. The monoisotopic (exact) mass is 299 g/mol. The summed E-state index contributed by atoms with van der Waals surface area (Å²) < 4.78 is 21.6. The van der Waals surface area contributed by atoms with Gasteiger partial charge in [-0.2, -0.15) is 5.26 Å². The summed E-state index contributed by atoms with van der Waals surface area (Å²) in [6.07, 6.45) is 0. The van der Waals surface area contributed by atoms with Crippen molar-refractivity contribution in [1.29, 1.82) is 5.26 Å². The van der Waals surface area contributed by atoms with Gasteiger partial charge >= 0.3 is 0 Å². The van der Waals surface area contributed by atoms with Crippen LogP contribution in [0.4, 0.5) is 0 Å². The van der Waals surface area contributed by atoms with Crippen LogP contribution in [0.2, 0.25) is 0 Å². The maximum atomic E-state index is 8.77. The molecule has 0 atom stereocenters. The second kappa shape index (κ2) is 7.23. The normalized spacial score (nSPS) is 9.73.